The second-order valence-electron chi connectivity index (χ2n) is 4.73. The van der Waals surface area contributed by atoms with Gasteiger partial charge >= 0.3 is 0 Å². The van der Waals surface area contributed by atoms with E-state index in [4.69, 9.17) is 15.3 Å². The molecule has 0 aliphatic heterocycles. The van der Waals surface area contributed by atoms with Crippen molar-refractivity contribution in [3.63, 3.8) is 0 Å². The number of benzene rings is 2. The van der Waals surface area contributed by atoms with E-state index >= 15 is 0 Å². The van der Waals surface area contributed by atoms with E-state index < -0.39 is 5.82 Å². The van der Waals surface area contributed by atoms with Gasteiger partial charge in [0.05, 0.1) is 17.2 Å². The lowest BCUT2D eigenvalue weighted by molar-refractivity contribution is 0.295. The molecule has 2 aromatic rings. The Morgan fingerprint density at radius 1 is 1.10 bits per heavy atom. The molecule has 0 aliphatic rings. The van der Waals surface area contributed by atoms with E-state index in [9.17, 15) is 4.39 Å². The molecule has 104 valence electrons. The highest BCUT2D eigenvalue weighted by atomic mass is 19.1. The Morgan fingerprint density at radius 2 is 1.76 bits per heavy atom. The van der Waals surface area contributed by atoms with Crippen LogP contribution in [0.5, 0.6) is 5.75 Å². The highest BCUT2D eigenvalue weighted by molar-refractivity contribution is 5.47. The summed E-state index contributed by atoms with van der Waals surface area (Å²) < 4.78 is 19.6. The number of hydrogen-bond donors (Lipinski definition) is 0. The topological polar surface area (TPSA) is 56.8 Å². The zero-order valence-corrected chi connectivity index (χ0v) is 11.8. The summed E-state index contributed by atoms with van der Waals surface area (Å²) in [7, 11) is 0. The summed E-state index contributed by atoms with van der Waals surface area (Å²) in [6, 6.07) is 12.0. The summed E-state index contributed by atoms with van der Waals surface area (Å²) in [4.78, 5) is 0. The third-order valence-electron chi connectivity index (χ3n) is 3.16. The lowest BCUT2D eigenvalue weighted by Gasteiger charge is -2.13. The van der Waals surface area contributed by atoms with Gasteiger partial charge in [-0.15, -0.1) is 0 Å². The van der Waals surface area contributed by atoms with E-state index in [1.165, 1.54) is 6.07 Å². The summed E-state index contributed by atoms with van der Waals surface area (Å²) >= 11 is 0. The van der Waals surface area contributed by atoms with Crippen molar-refractivity contribution in [2.75, 3.05) is 0 Å². The fraction of sp³-hybridized carbons (Fsp3) is 0.176. The number of rotatable bonds is 3. The maximum Gasteiger partial charge on any atom is 0.147 e. The van der Waals surface area contributed by atoms with Gasteiger partial charge in [0, 0.05) is 5.56 Å². The van der Waals surface area contributed by atoms with Crippen LogP contribution in [0.3, 0.4) is 0 Å². The molecular weight excluding hydrogens is 267 g/mol. The van der Waals surface area contributed by atoms with Crippen LogP contribution in [0.25, 0.3) is 0 Å². The summed E-state index contributed by atoms with van der Waals surface area (Å²) in [6.45, 7) is 3.71. The molecule has 0 fully saturated rings. The highest BCUT2D eigenvalue weighted by Gasteiger charge is 2.11. The normalized spacial score (nSPS) is 9.76. The maximum absolute atomic E-state index is 13.9. The molecule has 0 spiro atoms. The highest BCUT2D eigenvalue weighted by Crippen LogP contribution is 2.26. The second kappa shape index (κ2) is 6.07. The number of ether oxygens (including phenoxy) is 1. The fourth-order valence-electron chi connectivity index (χ4n) is 2.17. The average molecular weight is 280 g/mol. The van der Waals surface area contributed by atoms with Crippen LogP contribution in [-0.4, -0.2) is 0 Å². The van der Waals surface area contributed by atoms with E-state index in [2.05, 4.69) is 6.07 Å². The average Bonchev–Trinajstić information content (AvgIpc) is 2.47. The van der Waals surface area contributed by atoms with Crippen molar-refractivity contribution in [3.8, 4) is 17.9 Å². The van der Waals surface area contributed by atoms with Gasteiger partial charge < -0.3 is 4.74 Å². The predicted octanol–water partition coefficient (Wildman–Crippen LogP) is 3.76. The van der Waals surface area contributed by atoms with Crippen LogP contribution in [0, 0.1) is 42.3 Å². The zero-order valence-electron chi connectivity index (χ0n) is 11.8. The van der Waals surface area contributed by atoms with Crippen molar-refractivity contribution < 1.29 is 9.13 Å². The first-order valence-electron chi connectivity index (χ1n) is 6.38. The molecule has 2 aromatic carbocycles. The van der Waals surface area contributed by atoms with Crippen molar-refractivity contribution in [2.45, 2.75) is 20.5 Å². The first-order chi connectivity index (χ1) is 10.1. The molecule has 2 rings (SSSR count). The molecule has 0 radical (unpaired) electrons. The van der Waals surface area contributed by atoms with Crippen molar-refractivity contribution >= 4 is 0 Å². The molecule has 0 aliphatic carbocycles. The molecule has 0 atom stereocenters. The number of nitrogens with zero attached hydrogens (tertiary/aromatic N) is 2. The molecule has 0 amide bonds. The first kappa shape index (κ1) is 14.6. The maximum atomic E-state index is 13.9. The Balaban J connectivity index is 2.26. The molecule has 3 nitrogen and oxygen atoms in total. The van der Waals surface area contributed by atoms with Crippen molar-refractivity contribution in [1.29, 1.82) is 10.5 Å². The lowest BCUT2D eigenvalue weighted by atomic mass is 10.1. The number of halogens is 1. The molecule has 0 saturated heterocycles. The Morgan fingerprint density at radius 3 is 2.33 bits per heavy atom. The van der Waals surface area contributed by atoms with E-state index in [1.807, 2.05) is 13.8 Å². The first-order valence-corrected chi connectivity index (χ1v) is 6.38. The number of nitriles is 2. The summed E-state index contributed by atoms with van der Waals surface area (Å²) in [6.07, 6.45) is 0. The fourth-order valence-corrected chi connectivity index (χ4v) is 2.17. The molecule has 0 saturated carbocycles. The van der Waals surface area contributed by atoms with Crippen molar-refractivity contribution in [2.24, 2.45) is 0 Å². The van der Waals surface area contributed by atoms with Gasteiger partial charge in [0.25, 0.3) is 0 Å². The van der Waals surface area contributed by atoms with Gasteiger partial charge in [0.1, 0.15) is 24.2 Å². The molecule has 21 heavy (non-hydrogen) atoms. The molecule has 0 unspecified atom stereocenters. The quantitative estimate of drug-likeness (QED) is 0.860. The monoisotopic (exact) mass is 280 g/mol. The molecule has 0 heterocycles. The van der Waals surface area contributed by atoms with E-state index in [0.29, 0.717) is 16.9 Å². The Bertz CT molecular complexity index is 746. The van der Waals surface area contributed by atoms with Gasteiger partial charge in [0.15, 0.2) is 0 Å². The lowest BCUT2D eigenvalue weighted by Crippen LogP contribution is -2.03. The molecule has 0 N–H and O–H groups in total. The molecule has 0 bridgehead atoms. The van der Waals surface area contributed by atoms with Crippen LogP contribution in [0.1, 0.15) is 27.8 Å². The SMILES string of the molecule is Cc1cc(C#N)cc(C)c1OCc1cccc(C#N)c1F. The summed E-state index contributed by atoms with van der Waals surface area (Å²) in [5, 5.41) is 17.7. The third-order valence-corrected chi connectivity index (χ3v) is 3.16. The van der Waals surface area contributed by atoms with Gasteiger partial charge in [-0.25, -0.2) is 4.39 Å². The smallest absolute Gasteiger partial charge is 0.147 e. The standard InChI is InChI=1S/C17H13FN2O/c1-11-6-13(8-19)7-12(2)17(11)21-10-15-5-3-4-14(9-20)16(15)18/h3-7H,10H2,1-2H3. The molecular formula is C17H13FN2O. The molecule has 4 heteroatoms. The zero-order chi connectivity index (χ0) is 15.4. The van der Waals surface area contributed by atoms with Crippen LogP contribution in [0.4, 0.5) is 4.39 Å². The van der Waals surface area contributed by atoms with Crippen LogP contribution >= 0.6 is 0 Å². The number of hydrogen-bond acceptors (Lipinski definition) is 3. The van der Waals surface area contributed by atoms with Crippen LogP contribution in [-0.2, 0) is 6.61 Å². The van der Waals surface area contributed by atoms with E-state index in [0.717, 1.165) is 11.1 Å². The minimum atomic E-state index is -0.552. The van der Waals surface area contributed by atoms with Gasteiger partial charge in [-0.2, -0.15) is 10.5 Å². The van der Waals surface area contributed by atoms with E-state index in [-0.39, 0.29) is 12.2 Å². The number of aryl methyl sites for hydroxylation is 2. The van der Waals surface area contributed by atoms with Gasteiger partial charge in [0.2, 0.25) is 0 Å². The van der Waals surface area contributed by atoms with Crippen LogP contribution < -0.4 is 4.74 Å². The summed E-state index contributed by atoms with van der Waals surface area (Å²) in [5.74, 6) is 0.0831. The van der Waals surface area contributed by atoms with Gasteiger partial charge in [-0.1, -0.05) is 12.1 Å². The second-order valence-corrected chi connectivity index (χ2v) is 4.73. The molecule has 0 aromatic heterocycles. The largest absolute Gasteiger partial charge is 0.488 e. The summed E-state index contributed by atoms with van der Waals surface area (Å²) in [5.41, 5.74) is 2.54. The Kier molecular flexibility index (Phi) is 4.21. The predicted molar refractivity (Wildman–Crippen MR) is 76.1 cm³/mol. The minimum absolute atomic E-state index is 0.00405. The van der Waals surface area contributed by atoms with Crippen molar-refractivity contribution in [3.05, 3.63) is 64.0 Å². The van der Waals surface area contributed by atoms with E-state index in [1.54, 1.807) is 30.3 Å². The van der Waals surface area contributed by atoms with Crippen LogP contribution in [0.2, 0.25) is 0 Å². The van der Waals surface area contributed by atoms with Gasteiger partial charge in [-0.3, -0.25) is 0 Å². The Hall–Kier alpha value is -2.85. The third kappa shape index (κ3) is 3.01. The van der Waals surface area contributed by atoms with Crippen LogP contribution in [0.15, 0.2) is 30.3 Å². The Labute approximate surface area is 122 Å². The van der Waals surface area contributed by atoms with Crippen molar-refractivity contribution in [1.82, 2.24) is 0 Å². The minimum Gasteiger partial charge on any atom is -0.488 e. The van der Waals surface area contributed by atoms with Gasteiger partial charge in [-0.05, 0) is 43.2 Å².